The molecule has 47 heavy (non-hydrogen) atoms. The Balaban J connectivity index is 1.22. The molecule has 0 aliphatic heterocycles. The fourth-order valence-corrected chi connectivity index (χ4v) is 7.42. The number of hydrogen-bond acceptors (Lipinski definition) is 4. The molecule has 0 N–H and O–H groups in total. The zero-order chi connectivity index (χ0) is 31.8. The molecule has 0 saturated carbocycles. The summed E-state index contributed by atoms with van der Waals surface area (Å²) in [5.74, 6) is 2.30. The summed E-state index contributed by atoms with van der Waals surface area (Å²) < 4.78 is 10.9. The molecule has 0 atom stereocenters. The van der Waals surface area contributed by atoms with Crippen molar-refractivity contribution in [3.05, 3.63) is 127 Å². The van der Waals surface area contributed by atoms with Crippen LogP contribution in [-0.4, -0.2) is 23.8 Å². The van der Waals surface area contributed by atoms with E-state index in [2.05, 4.69) is 125 Å². The van der Waals surface area contributed by atoms with E-state index >= 15 is 0 Å². The molecule has 0 aliphatic carbocycles. The first-order valence-electron chi connectivity index (χ1n) is 16.2. The van der Waals surface area contributed by atoms with Gasteiger partial charge in [-0.05, 0) is 81.8 Å². The van der Waals surface area contributed by atoms with Gasteiger partial charge in [-0.1, -0.05) is 64.1 Å². The fourth-order valence-electron chi connectivity index (χ4n) is 7.42. The predicted molar refractivity (Wildman–Crippen MR) is 192 cm³/mol. The minimum atomic E-state index is 0.396. The minimum Gasteiger partial charge on any atom is -0.457 e. The van der Waals surface area contributed by atoms with Gasteiger partial charge in [0, 0.05) is 58.1 Å². The molecule has 6 nitrogen and oxygen atoms in total. The molecule has 0 bridgehead atoms. The maximum Gasteiger partial charge on any atom is 0.145 e. The summed E-state index contributed by atoms with van der Waals surface area (Å²) in [5, 5.41) is 6.67. The molecular weight excluding hydrogens is 578 g/mol. The second kappa shape index (κ2) is 10.4. The smallest absolute Gasteiger partial charge is 0.145 e. The third-order valence-corrected chi connectivity index (χ3v) is 9.54. The molecule has 5 heterocycles. The monoisotopic (exact) mass is 611 g/mol. The van der Waals surface area contributed by atoms with Gasteiger partial charge in [-0.25, -0.2) is 9.97 Å². The van der Waals surface area contributed by atoms with Crippen LogP contribution < -0.4 is 4.74 Å². The van der Waals surface area contributed by atoms with Crippen molar-refractivity contribution in [2.24, 2.45) is 0 Å². The van der Waals surface area contributed by atoms with E-state index < -0.39 is 0 Å². The molecule has 4 aromatic carbocycles. The highest BCUT2D eigenvalue weighted by atomic mass is 16.5. The Labute approximate surface area is 271 Å². The van der Waals surface area contributed by atoms with Gasteiger partial charge in [-0.3, -0.25) is 13.8 Å². The van der Waals surface area contributed by atoms with Crippen LogP contribution in [0.4, 0.5) is 0 Å². The number of ether oxygens (including phenoxy) is 1. The van der Waals surface area contributed by atoms with E-state index in [1.54, 1.807) is 0 Å². The molecule has 0 radical (unpaired) electrons. The van der Waals surface area contributed by atoms with Crippen LogP contribution in [0.3, 0.4) is 0 Å². The zero-order valence-electron chi connectivity index (χ0n) is 26.8. The lowest BCUT2D eigenvalue weighted by molar-refractivity contribution is 0.484. The van der Waals surface area contributed by atoms with Gasteiger partial charge in [-0.15, -0.1) is 0 Å². The molecule has 0 aliphatic rings. The van der Waals surface area contributed by atoms with Crippen LogP contribution in [0.5, 0.6) is 11.5 Å². The first-order chi connectivity index (χ1) is 23.0. The van der Waals surface area contributed by atoms with Crippen molar-refractivity contribution in [3.63, 3.8) is 0 Å². The van der Waals surface area contributed by atoms with Crippen molar-refractivity contribution < 1.29 is 4.74 Å². The van der Waals surface area contributed by atoms with Crippen molar-refractivity contribution in [1.82, 2.24) is 23.8 Å². The number of pyridine rings is 3. The Morgan fingerprint density at radius 1 is 0.574 bits per heavy atom. The van der Waals surface area contributed by atoms with E-state index in [1.807, 2.05) is 37.1 Å². The van der Waals surface area contributed by atoms with Gasteiger partial charge in [0.15, 0.2) is 0 Å². The Bertz CT molecular complexity index is 2650. The van der Waals surface area contributed by atoms with Crippen LogP contribution in [-0.2, 0) is 0 Å². The average Bonchev–Trinajstić information content (AvgIpc) is 3.79. The second-order valence-electron chi connectivity index (χ2n) is 13.0. The van der Waals surface area contributed by atoms with Crippen LogP contribution in [0.25, 0.3) is 65.8 Å². The molecule has 6 heteroatoms. The highest BCUT2D eigenvalue weighted by molar-refractivity contribution is 6.16. The van der Waals surface area contributed by atoms with Crippen LogP contribution in [0.1, 0.15) is 50.7 Å². The largest absolute Gasteiger partial charge is 0.457 e. The van der Waals surface area contributed by atoms with E-state index in [4.69, 9.17) is 9.72 Å². The van der Waals surface area contributed by atoms with Crippen molar-refractivity contribution in [3.8, 4) is 22.6 Å². The van der Waals surface area contributed by atoms with E-state index in [0.717, 1.165) is 55.2 Å². The summed E-state index contributed by atoms with van der Waals surface area (Å²) in [6.45, 7) is 9.13. The van der Waals surface area contributed by atoms with E-state index in [1.165, 1.54) is 33.2 Å². The van der Waals surface area contributed by atoms with Crippen molar-refractivity contribution in [2.45, 2.75) is 39.5 Å². The number of aromatic nitrogens is 5. The zero-order valence-corrected chi connectivity index (χ0v) is 26.8. The summed E-state index contributed by atoms with van der Waals surface area (Å²) in [7, 11) is 0. The van der Waals surface area contributed by atoms with Gasteiger partial charge in [-0.2, -0.15) is 0 Å². The molecule has 228 valence electrons. The van der Waals surface area contributed by atoms with E-state index in [9.17, 15) is 0 Å². The highest BCUT2D eigenvalue weighted by Gasteiger charge is 2.21. The Morgan fingerprint density at radius 2 is 1.19 bits per heavy atom. The van der Waals surface area contributed by atoms with Gasteiger partial charge in [0.2, 0.25) is 0 Å². The maximum absolute atomic E-state index is 6.56. The van der Waals surface area contributed by atoms with Crippen LogP contribution in [0.15, 0.2) is 116 Å². The summed E-state index contributed by atoms with van der Waals surface area (Å²) in [6.07, 6.45) is 11.5. The van der Waals surface area contributed by atoms with Crippen LogP contribution >= 0.6 is 0 Å². The van der Waals surface area contributed by atoms with Gasteiger partial charge < -0.3 is 4.74 Å². The lowest BCUT2D eigenvalue weighted by Gasteiger charge is -2.22. The Hall–Kier alpha value is -5.75. The van der Waals surface area contributed by atoms with Gasteiger partial charge in [0.25, 0.3) is 0 Å². The molecule has 0 unspecified atom stereocenters. The summed E-state index contributed by atoms with van der Waals surface area (Å²) in [4.78, 5) is 13.9. The summed E-state index contributed by atoms with van der Waals surface area (Å²) >= 11 is 0. The molecule has 0 spiro atoms. The minimum absolute atomic E-state index is 0.396. The summed E-state index contributed by atoms with van der Waals surface area (Å²) in [5.41, 5.74) is 9.32. The number of para-hydroxylation sites is 1. The number of imidazole rings is 2. The van der Waals surface area contributed by atoms with Crippen molar-refractivity contribution in [2.75, 3.05) is 0 Å². The molecule has 9 aromatic rings. The quantitative estimate of drug-likeness (QED) is 0.182. The number of benzene rings is 4. The lowest BCUT2D eigenvalue weighted by atomic mass is 9.84. The molecule has 0 fully saturated rings. The van der Waals surface area contributed by atoms with E-state index in [0.29, 0.717) is 11.8 Å². The second-order valence-corrected chi connectivity index (χ2v) is 13.0. The fraction of sp³-hybridized carbons (Fsp3) is 0.146. The number of nitrogens with zero attached hydrogens (tertiary/aromatic N) is 5. The summed E-state index contributed by atoms with van der Waals surface area (Å²) in [6, 6.07) is 28.1. The molecular formula is C41H33N5O. The van der Waals surface area contributed by atoms with Gasteiger partial charge in [0.05, 0.1) is 17.2 Å². The van der Waals surface area contributed by atoms with Gasteiger partial charge >= 0.3 is 0 Å². The molecule has 0 amide bonds. The number of fused-ring (bicyclic) bond motifs is 12. The maximum atomic E-state index is 6.56. The normalized spacial score (nSPS) is 12.2. The van der Waals surface area contributed by atoms with Gasteiger partial charge in [0.1, 0.15) is 22.8 Å². The number of hydrogen-bond donors (Lipinski definition) is 0. The Morgan fingerprint density at radius 3 is 1.87 bits per heavy atom. The first-order valence-corrected chi connectivity index (χ1v) is 16.2. The number of rotatable bonds is 5. The van der Waals surface area contributed by atoms with Crippen LogP contribution in [0, 0.1) is 0 Å². The highest BCUT2D eigenvalue weighted by Crippen LogP contribution is 2.42. The Kier molecular flexibility index (Phi) is 6.09. The molecule has 5 aromatic heterocycles. The average molecular weight is 612 g/mol. The predicted octanol–water partition coefficient (Wildman–Crippen LogP) is 10.7. The third kappa shape index (κ3) is 4.14. The SMILES string of the molecule is CC(C)c1cccc(C(C)C)c1-c1cccc2c3ccc(Oc4ccc5c6ccncc6n6ccnc6c5c4)cc3c3nccn3c12. The third-order valence-electron chi connectivity index (χ3n) is 9.54. The van der Waals surface area contributed by atoms with Crippen LogP contribution in [0.2, 0.25) is 0 Å². The molecule has 9 rings (SSSR count). The van der Waals surface area contributed by atoms with E-state index in [-0.39, 0.29) is 0 Å². The standard InChI is InChI=1S/C41H33N5O/c1-24(2)28-7-5-8-29(25(3)4)38(28)34-10-6-9-33-31-14-12-27(22-36(31)41-44-18-20-46(41)39(33)34)47-26-11-13-30-32-15-16-42-23-37(32)45-19-17-43-40(45)35(30)21-26/h5-25H,1-4H3. The molecule has 0 saturated heterocycles. The van der Waals surface area contributed by atoms with Crippen molar-refractivity contribution in [1.29, 1.82) is 0 Å². The first kappa shape index (κ1) is 27.6. The topological polar surface area (TPSA) is 56.7 Å². The van der Waals surface area contributed by atoms with Crippen molar-refractivity contribution >= 4 is 54.6 Å². The lowest BCUT2D eigenvalue weighted by Crippen LogP contribution is -2.02.